The standard InChI is InChI=1S/C20H17FN2O3S/c1-23(11-19(24)25)20(27)16-10-17(12-4-3-5-14(8-12)26-2)22-18-9-13(21)6-7-15(16)18/h3-10H,11H2,1-2H3,(H,24,25). The highest BCUT2D eigenvalue weighted by Crippen LogP contribution is 2.28. The first-order valence-electron chi connectivity index (χ1n) is 8.11. The highest BCUT2D eigenvalue weighted by molar-refractivity contribution is 7.80. The molecule has 0 aliphatic carbocycles. The van der Waals surface area contributed by atoms with Gasteiger partial charge >= 0.3 is 5.97 Å². The minimum Gasteiger partial charge on any atom is -0.497 e. The number of fused-ring (bicyclic) bond motifs is 1. The van der Waals surface area contributed by atoms with Crippen molar-refractivity contribution in [1.82, 2.24) is 9.88 Å². The Bertz CT molecular complexity index is 1040. The molecule has 0 radical (unpaired) electrons. The molecule has 0 bridgehead atoms. The van der Waals surface area contributed by atoms with Gasteiger partial charge in [0.2, 0.25) is 0 Å². The number of methoxy groups -OCH3 is 1. The number of carbonyl (C=O) groups is 1. The minimum absolute atomic E-state index is 0.238. The lowest BCUT2D eigenvalue weighted by atomic mass is 10.0. The second-order valence-electron chi connectivity index (χ2n) is 6.00. The van der Waals surface area contributed by atoms with Crippen molar-refractivity contribution >= 4 is 34.1 Å². The Hall–Kier alpha value is -3.06. The molecule has 2 aromatic carbocycles. The van der Waals surface area contributed by atoms with Crippen LogP contribution in [0.5, 0.6) is 5.75 Å². The van der Waals surface area contributed by atoms with Crippen molar-refractivity contribution in [2.45, 2.75) is 0 Å². The van der Waals surface area contributed by atoms with Crippen LogP contribution in [-0.2, 0) is 4.79 Å². The fourth-order valence-corrected chi connectivity index (χ4v) is 3.02. The molecule has 1 heterocycles. The number of carboxylic acid groups (broad SMARTS) is 1. The Morgan fingerprint density at radius 3 is 2.74 bits per heavy atom. The van der Waals surface area contributed by atoms with Crippen LogP contribution in [0.2, 0.25) is 0 Å². The summed E-state index contributed by atoms with van der Waals surface area (Å²) >= 11 is 5.50. The summed E-state index contributed by atoms with van der Waals surface area (Å²) in [7, 11) is 3.18. The smallest absolute Gasteiger partial charge is 0.323 e. The van der Waals surface area contributed by atoms with Crippen molar-refractivity contribution in [3.63, 3.8) is 0 Å². The van der Waals surface area contributed by atoms with Crippen LogP contribution in [-0.4, -0.2) is 46.7 Å². The number of aliphatic carboxylic acids is 1. The fourth-order valence-electron chi connectivity index (χ4n) is 2.79. The molecule has 0 saturated carbocycles. The molecule has 0 aliphatic heterocycles. The van der Waals surface area contributed by atoms with Crippen LogP contribution >= 0.6 is 12.2 Å². The Morgan fingerprint density at radius 2 is 2.04 bits per heavy atom. The van der Waals surface area contributed by atoms with Crippen LogP contribution in [0.1, 0.15) is 5.56 Å². The quantitative estimate of drug-likeness (QED) is 0.676. The molecular weight excluding hydrogens is 367 g/mol. The van der Waals surface area contributed by atoms with Gasteiger partial charge in [0.1, 0.15) is 23.1 Å². The van der Waals surface area contributed by atoms with Gasteiger partial charge in [-0.1, -0.05) is 24.4 Å². The summed E-state index contributed by atoms with van der Waals surface area (Å²) in [6.07, 6.45) is 0. The SMILES string of the molecule is COc1cccc(-c2cc(C(=S)N(C)CC(=O)O)c3ccc(F)cc3n2)c1. The van der Waals surface area contributed by atoms with E-state index < -0.39 is 11.8 Å². The van der Waals surface area contributed by atoms with Crippen molar-refractivity contribution in [3.05, 3.63) is 59.9 Å². The van der Waals surface area contributed by atoms with Gasteiger partial charge in [-0.25, -0.2) is 9.37 Å². The van der Waals surface area contributed by atoms with Crippen LogP contribution in [0.4, 0.5) is 4.39 Å². The van der Waals surface area contributed by atoms with Crippen molar-refractivity contribution in [2.75, 3.05) is 20.7 Å². The maximum absolute atomic E-state index is 13.8. The number of thiocarbonyl (C=S) groups is 1. The molecular formula is C20H17FN2O3S. The average Bonchev–Trinajstić information content (AvgIpc) is 2.65. The van der Waals surface area contributed by atoms with Crippen LogP contribution in [0.25, 0.3) is 22.2 Å². The average molecular weight is 384 g/mol. The highest BCUT2D eigenvalue weighted by atomic mass is 32.1. The Labute approximate surface area is 161 Å². The maximum Gasteiger partial charge on any atom is 0.323 e. The van der Waals surface area contributed by atoms with Crippen LogP contribution in [0, 0.1) is 5.82 Å². The lowest BCUT2D eigenvalue weighted by molar-refractivity contribution is -0.137. The predicted molar refractivity (Wildman–Crippen MR) is 106 cm³/mol. The number of nitrogens with zero attached hydrogens (tertiary/aromatic N) is 2. The first-order chi connectivity index (χ1) is 12.9. The zero-order chi connectivity index (χ0) is 19.6. The number of aromatic nitrogens is 1. The largest absolute Gasteiger partial charge is 0.497 e. The van der Waals surface area contributed by atoms with E-state index in [4.69, 9.17) is 22.1 Å². The van der Waals surface area contributed by atoms with Crippen LogP contribution in [0.3, 0.4) is 0 Å². The normalized spacial score (nSPS) is 10.6. The van der Waals surface area contributed by atoms with Crippen molar-refractivity contribution in [3.8, 4) is 17.0 Å². The molecule has 0 saturated heterocycles. The molecule has 27 heavy (non-hydrogen) atoms. The number of pyridine rings is 1. The molecule has 1 aromatic heterocycles. The van der Waals surface area contributed by atoms with E-state index in [1.54, 1.807) is 26.3 Å². The van der Waals surface area contributed by atoms with Gasteiger partial charge in [0.15, 0.2) is 0 Å². The molecule has 138 valence electrons. The van der Waals surface area contributed by atoms with Gasteiger partial charge in [-0.05, 0) is 30.3 Å². The second-order valence-corrected chi connectivity index (χ2v) is 6.39. The topological polar surface area (TPSA) is 62.7 Å². The second kappa shape index (κ2) is 7.67. The third kappa shape index (κ3) is 4.03. The molecule has 0 unspecified atom stereocenters. The summed E-state index contributed by atoms with van der Waals surface area (Å²) in [6.45, 7) is -0.238. The number of halogens is 1. The number of carboxylic acids is 1. The van der Waals surface area contributed by atoms with Gasteiger partial charge in [0, 0.05) is 29.6 Å². The molecule has 0 spiro atoms. The van der Waals surface area contributed by atoms with Crippen LogP contribution in [0.15, 0.2) is 48.5 Å². The summed E-state index contributed by atoms with van der Waals surface area (Å²) < 4.78 is 19.0. The zero-order valence-corrected chi connectivity index (χ0v) is 15.6. The first kappa shape index (κ1) is 18.7. The number of ether oxygens (including phenoxy) is 1. The van der Waals surface area contributed by atoms with Gasteiger partial charge in [-0.15, -0.1) is 0 Å². The monoisotopic (exact) mass is 384 g/mol. The lowest BCUT2D eigenvalue weighted by Crippen LogP contribution is -2.31. The number of likely N-dealkylation sites (N-methyl/N-ethyl adjacent to an activating group) is 1. The van der Waals surface area contributed by atoms with E-state index in [1.807, 2.05) is 24.3 Å². The van der Waals surface area contributed by atoms with Crippen molar-refractivity contribution < 1.29 is 19.0 Å². The van der Waals surface area contributed by atoms with E-state index in [-0.39, 0.29) is 6.54 Å². The molecule has 1 N–H and O–H groups in total. The summed E-state index contributed by atoms with van der Waals surface area (Å²) in [5.74, 6) is -0.730. The molecule has 0 amide bonds. The molecule has 3 aromatic rings. The summed E-state index contributed by atoms with van der Waals surface area (Å²) in [5.41, 5.74) is 2.44. The van der Waals surface area contributed by atoms with E-state index in [2.05, 4.69) is 4.98 Å². The highest BCUT2D eigenvalue weighted by Gasteiger charge is 2.16. The summed E-state index contributed by atoms with van der Waals surface area (Å²) in [6, 6.07) is 13.4. The lowest BCUT2D eigenvalue weighted by Gasteiger charge is -2.20. The molecule has 0 fully saturated rings. The third-order valence-corrected chi connectivity index (χ3v) is 4.62. The van der Waals surface area contributed by atoms with Gasteiger partial charge in [-0.2, -0.15) is 0 Å². The Morgan fingerprint density at radius 1 is 1.26 bits per heavy atom. The van der Waals surface area contributed by atoms with Crippen LogP contribution < -0.4 is 4.74 Å². The molecule has 0 atom stereocenters. The fraction of sp³-hybridized carbons (Fsp3) is 0.150. The molecule has 3 rings (SSSR count). The van der Waals surface area contributed by atoms with Crippen molar-refractivity contribution in [2.24, 2.45) is 0 Å². The summed E-state index contributed by atoms with van der Waals surface area (Å²) in [4.78, 5) is 17.4. The van der Waals surface area contributed by atoms with E-state index in [1.165, 1.54) is 17.0 Å². The third-order valence-electron chi connectivity index (χ3n) is 4.09. The van der Waals surface area contributed by atoms with E-state index in [0.29, 0.717) is 32.9 Å². The van der Waals surface area contributed by atoms with Gasteiger partial charge in [0.25, 0.3) is 0 Å². The Balaban J connectivity index is 2.19. The number of rotatable bonds is 5. The predicted octanol–water partition coefficient (Wildman–Crippen LogP) is 3.74. The van der Waals surface area contributed by atoms with Gasteiger partial charge in [-0.3, -0.25) is 4.79 Å². The molecule has 7 heteroatoms. The Kier molecular flexibility index (Phi) is 5.32. The number of hydrogen-bond acceptors (Lipinski definition) is 4. The van der Waals surface area contributed by atoms with E-state index >= 15 is 0 Å². The maximum atomic E-state index is 13.8. The molecule has 0 aliphatic rings. The zero-order valence-electron chi connectivity index (χ0n) is 14.8. The van der Waals surface area contributed by atoms with E-state index in [9.17, 15) is 9.18 Å². The number of benzene rings is 2. The number of hydrogen-bond donors (Lipinski definition) is 1. The van der Waals surface area contributed by atoms with Gasteiger partial charge < -0.3 is 14.7 Å². The van der Waals surface area contributed by atoms with Crippen molar-refractivity contribution in [1.29, 1.82) is 0 Å². The summed E-state index contributed by atoms with van der Waals surface area (Å²) in [5, 5.41) is 9.70. The minimum atomic E-state index is -0.989. The first-order valence-corrected chi connectivity index (χ1v) is 8.52. The molecule has 5 nitrogen and oxygen atoms in total. The van der Waals surface area contributed by atoms with Gasteiger partial charge in [0.05, 0.1) is 18.3 Å². The van der Waals surface area contributed by atoms with E-state index in [0.717, 1.165) is 5.56 Å².